The molecule has 1 amide bonds. The lowest BCUT2D eigenvalue weighted by Crippen LogP contribution is -2.38. The van der Waals surface area contributed by atoms with Crippen LogP contribution in [0.1, 0.15) is 6.42 Å². The fourth-order valence-corrected chi connectivity index (χ4v) is 4.99. The van der Waals surface area contributed by atoms with Crippen LogP contribution in [-0.4, -0.2) is 56.7 Å². The molecule has 0 aliphatic carbocycles. The van der Waals surface area contributed by atoms with Crippen molar-refractivity contribution in [2.75, 3.05) is 31.4 Å². The maximum atomic E-state index is 12.2. The van der Waals surface area contributed by atoms with Gasteiger partial charge >= 0.3 is 0 Å². The van der Waals surface area contributed by atoms with Gasteiger partial charge in [0, 0.05) is 18.0 Å². The molecule has 116 valence electrons. The molecule has 0 aromatic heterocycles. The molecule has 1 heterocycles. The molecule has 1 aromatic carbocycles. The zero-order chi connectivity index (χ0) is 15.5. The molecule has 7 heteroatoms. The van der Waals surface area contributed by atoms with Gasteiger partial charge in [0.25, 0.3) is 0 Å². The summed E-state index contributed by atoms with van der Waals surface area (Å²) in [6.45, 7) is 0. The summed E-state index contributed by atoms with van der Waals surface area (Å²) in [7, 11) is 0.299. The van der Waals surface area contributed by atoms with Gasteiger partial charge in [0.1, 0.15) is 5.75 Å². The third kappa shape index (κ3) is 4.14. The lowest BCUT2D eigenvalue weighted by molar-refractivity contribution is -0.128. The Kier molecular flexibility index (Phi) is 5.16. The number of carbonyl (C=O) groups is 1. The number of nitrogens with zero attached hydrogens (tertiary/aromatic N) is 1. The summed E-state index contributed by atoms with van der Waals surface area (Å²) in [6, 6.07) is 7.32. The monoisotopic (exact) mass is 329 g/mol. The number of rotatable bonds is 5. The average molecular weight is 329 g/mol. The number of para-hydroxylation sites is 1. The van der Waals surface area contributed by atoms with Crippen LogP contribution in [0.5, 0.6) is 5.75 Å². The van der Waals surface area contributed by atoms with Gasteiger partial charge in [0.15, 0.2) is 9.84 Å². The molecule has 0 radical (unpaired) electrons. The molecule has 1 aromatic rings. The molecular weight excluding hydrogens is 310 g/mol. The number of thioether (sulfide) groups is 1. The summed E-state index contributed by atoms with van der Waals surface area (Å²) in [6.07, 6.45) is 0.532. The van der Waals surface area contributed by atoms with E-state index in [0.717, 1.165) is 10.6 Å². The Bertz CT molecular complexity index is 615. The van der Waals surface area contributed by atoms with Crippen LogP contribution in [0.2, 0.25) is 0 Å². The van der Waals surface area contributed by atoms with E-state index in [1.54, 1.807) is 19.1 Å². The number of sulfone groups is 1. The second kappa shape index (κ2) is 6.70. The van der Waals surface area contributed by atoms with Gasteiger partial charge in [-0.15, -0.1) is 11.8 Å². The first-order valence-electron chi connectivity index (χ1n) is 6.65. The molecule has 5 nitrogen and oxygen atoms in total. The van der Waals surface area contributed by atoms with Crippen molar-refractivity contribution in [1.29, 1.82) is 0 Å². The number of ether oxygens (including phenoxy) is 1. The van der Waals surface area contributed by atoms with Crippen molar-refractivity contribution in [2.24, 2.45) is 0 Å². The predicted octanol–water partition coefficient (Wildman–Crippen LogP) is 1.43. The van der Waals surface area contributed by atoms with Gasteiger partial charge in [-0.1, -0.05) is 12.1 Å². The van der Waals surface area contributed by atoms with Crippen molar-refractivity contribution in [3.05, 3.63) is 24.3 Å². The normalized spacial score (nSPS) is 20.2. The predicted molar refractivity (Wildman–Crippen MR) is 83.5 cm³/mol. The van der Waals surface area contributed by atoms with Gasteiger partial charge in [-0.2, -0.15) is 0 Å². The maximum Gasteiger partial charge on any atom is 0.232 e. The first-order chi connectivity index (χ1) is 9.93. The molecule has 0 saturated carbocycles. The second-order valence-corrected chi connectivity index (χ2v) is 8.25. The van der Waals surface area contributed by atoms with E-state index in [0.29, 0.717) is 6.42 Å². The Labute approximate surface area is 129 Å². The molecule has 2 rings (SSSR count). The molecule has 1 saturated heterocycles. The maximum absolute atomic E-state index is 12.2. The minimum Gasteiger partial charge on any atom is -0.496 e. The quantitative estimate of drug-likeness (QED) is 0.765. The van der Waals surface area contributed by atoms with Crippen molar-refractivity contribution in [3.8, 4) is 5.75 Å². The average Bonchev–Trinajstić information content (AvgIpc) is 2.84. The first kappa shape index (κ1) is 16.2. The minimum atomic E-state index is -2.97. The Morgan fingerprint density at radius 2 is 2.14 bits per heavy atom. The number of carbonyl (C=O) groups excluding carboxylic acids is 1. The van der Waals surface area contributed by atoms with Gasteiger partial charge in [-0.05, 0) is 18.6 Å². The molecule has 1 fully saturated rings. The molecule has 1 aliphatic rings. The Balaban J connectivity index is 1.93. The lowest BCUT2D eigenvalue weighted by Gasteiger charge is -2.23. The summed E-state index contributed by atoms with van der Waals surface area (Å²) in [5.74, 6) is 1.20. The van der Waals surface area contributed by atoms with Crippen molar-refractivity contribution in [3.63, 3.8) is 0 Å². The van der Waals surface area contributed by atoms with Crippen LogP contribution in [0, 0.1) is 0 Å². The van der Waals surface area contributed by atoms with E-state index >= 15 is 0 Å². The fourth-order valence-electron chi connectivity index (χ4n) is 2.26. The van der Waals surface area contributed by atoms with Crippen LogP contribution in [0.3, 0.4) is 0 Å². The van der Waals surface area contributed by atoms with Crippen LogP contribution in [0.25, 0.3) is 0 Å². The van der Waals surface area contributed by atoms with E-state index in [4.69, 9.17) is 4.74 Å². The number of amides is 1. The van der Waals surface area contributed by atoms with Gasteiger partial charge in [0.05, 0.1) is 24.4 Å². The van der Waals surface area contributed by atoms with Gasteiger partial charge in [-0.25, -0.2) is 8.42 Å². The largest absolute Gasteiger partial charge is 0.496 e. The van der Waals surface area contributed by atoms with Gasteiger partial charge < -0.3 is 9.64 Å². The van der Waals surface area contributed by atoms with Crippen LogP contribution in [-0.2, 0) is 14.6 Å². The highest BCUT2D eigenvalue weighted by molar-refractivity contribution is 8.00. The summed E-state index contributed by atoms with van der Waals surface area (Å²) >= 11 is 1.40. The SMILES string of the molecule is COc1ccccc1SCC(=O)N(C)C1CCS(=O)(=O)C1. The highest BCUT2D eigenvalue weighted by Crippen LogP contribution is 2.29. The van der Waals surface area contributed by atoms with Crippen LogP contribution >= 0.6 is 11.8 Å². The third-order valence-corrected chi connectivity index (χ3v) is 6.36. The fraction of sp³-hybridized carbons (Fsp3) is 0.500. The van der Waals surface area contributed by atoms with Crippen molar-refractivity contribution < 1.29 is 17.9 Å². The highest BCUT2D eigenvalue weighted by Gasteiger charge is 2.32. The molecule has 21 heavy (non-hydrogen) atoms. The number of hydrogen-bond donors (Lipinski definition) is 0. The molecule has 0 bridgehead atoms. The molecule has 1 atom stereocenters. The molecule has 1 aliphatic heterocycles. The van der Waals surface area contributed by atoms with E-state index in [-0.39, 0.29) is 29.2 Å². The topological polar surface area (TPSA) is 63.7 Å². The van der Waals surface area contributed by atoms with E-state index in [9.17, 15) is 13.2 Å². The molecule has 0 N–H and O–H groups in total. The van der Waals surface area contributed by atoms with Crippen molar-refractivity contribution in [1.82, 2.24) is 4.90 Å². The van der Waals surface area contributed by atoms with E-state index in [2.05, 4.69) is 0 Å². The standard InChI is InChI=1S/C14H19NO4S2/c1-15(11-7-8-21(17,18)10-11)14(16)9-20-13-6-4-3-5-12(13)19-2/h3-6,11H,7-10H2,1-2H3. The van der Waals surface area contributed by atoms with Crippen molar-refractivity contribution in [2.45, 2.75) is 17.4 Å². The Hall–Kier alpha value is -1.21. The zero-order valence-electron chi connectivity index (χ0n) is 12.1. The highest BCUT2D eigenvalue weighted by atomic mass is 32.2. The van der Waals surface area contributed by atoms with Crippen LogP contribution in [0.4, 0.5) is 0 Å². The number of benzene rings is 1. The molecule has 0 spiro atoms. The van der Waals surface area contributed by atoms with Crippen LogP contribution in [0.15, 0.2) is 29.2 Å². The molecular formula is C14H19NO4S2. The zero-order valence-corrected chi connectivity index (χ0v) is 13.7. The van der Waals surface area contributed by atoms with Gasteiger partial charge in [0.2, 0.25) is 5.91 Å². The van der Waals surface area contributed by atoms with E-state index < -0.39 is 9.84 Å². The first-order valence-corrected chi connectivity index (χ1v) is 9.45. The Morgan fingerprint density at radius 1 is 1.43 bits per heavy atom. The number of methoxy groups -OCH3 is 1. The van der Waals surface area contributed by atoms with Gasteiger partial charge in [-0.3, -0.25) is 4.79 Å². The lowest BCUT2D eigenvalue weighted by atomic mass is 10.2. The summed E-state index contributed by atoms with van der Waals surface area (Å²) in [5.41, 5.74) is 0. The second-order valence-electron chi connectivity index (χ2n) is 5.00. The summed E-state index contributed by atoms with van der Waals surface area (Å²) in [4.78, 5) is 14.6. The minimum absolute atomic E-state index is 0.0620. The smallest absolute Gasteiger partial charge is 0.232 e. The van der Waals surface area contributed by atoms with E-state index in [1.165, 1.54) is 11.8 Å². The summed E-state index contributed by atoms with van der Waals surface area (Å²) < 4.78 is 28.2. The van der Waals surface area contributed by atoms with Crippen LogP contribution < -0.4 is 4.74 Å². The summed E-state index contributed by atoms with van der Waals surface area (Å²) in [5, 5.41) is 0. The third-order valence-electron chi connectivity index (χ3n) is 3.57. The molecule has 1 unspecified atom stereocenters. The Morgan fingerprint density at radius 3 is 2.76 bits per heavy atom. The van der Waals surface area contributed by atoms with Crippen molar-refractivity contribution >= 4 is 27.5 Å². The number of hydrogen-bond acceptors (Lipinski definition) is 5. The van der Waals surface area contributed by atoms with E-state index in [1.807, 2.05) is 24.3 Å².